The van der Waals surface area contributed by atoms with Crippen molar-refractivity contribution in [3.63, 3.8) is 0 Å². The normalized spacial score (nSPS) is 17.0. The molecule has 3 nitrogen and oxygen atoms in total. The van der Waals surface area contributed by atoms with Gasteiger partial charge in [0.1, 0.15) is 17.0 Å². The van der Waals surface area contributed by atoms with E-state index < -0.39 is 0 Å². The molecule has 0 spiro atoms. The van der Waals surface area contributed by atoms with Crippen molar-refractivity contribution >= 4 is 27.8 Å². The minimum atomic E-state index is 0.163. The largest absolute Gasteiger partial charge is 0.456 e. The smallest absolute Gasteiger partial charge is 0.135 e. The summed E-state index contributed by atoms with van der Waals surface area (Å²) < 4.78 is 5.98. The maximum absolute atomic E-state index is 5.98. The number of para-hydroxylation sites is 1. The molecule has 0 saturated heterocycles. The summed E-state index contributed by atoms with van der Waals surface area (Å²) >= 11 is 0. The first-order valence-corrected chi connectivity index (χ1v) is 8.31. The molecule has 0 saturated carbocycles. The van der Waals surface area contributed by atoms with E-state index in [1.807, 2.05) is 25.2 Å². The SMILES string of the molecule is CN=C(NC1=C(C)C1(C)C)c1cc2c(cc1C)oc1ccccc12. The Balaban J connectivity index is 1.83. The van der Waals surface area contributed by atoms with E-state index in [9.17, 15) is 0 Å². The van der Waals surface area contributed by atoms with E-state index in [0.717, 1.165) is 38.9 Å². The molecule has 0 radical (unpaired) electrons. The number of aryl methyl sites for hydroxylation is 1. The van der Waals surface area contributed by atoms with Gasteiger partial charge in [-0.25, -0.2) is 0 Å². The summed E-state index contributed by atoms with van der Waals surface area (Å²) in [6.45, 7) is 8.75. The van der Waals surface area contributed by atoms with Crippen LogP contribution in [0.2, 0.25) is 0 Å². The molecule has 1 heterocycles. The quantitative estimate of drug-likeness (QED) is 0.522. The van der Waals surface area contributed by atoms with Crippen LogP contribution in [0.25, 0.3) is 21.9 Å². The Morgan fingerprint density at radius 2 is 1.75 bits per heavy atom. The molecule has 3 heteroatoms. The summed E-state index contributed by atoms with van der Waals surface area (Å²) in [6.07, 6.45) is 0. The fourth-order valence-corrected chi connectivity index (χ4v) is 3.40. The second-order valence-corrected chi connectivity index (χ2v) is 7.08. The standard InChI is InChI=1S/C21H22N2O/c1-12-10-18-16(14-8-6-7-9-17(14)24-18)11-15(12)20(22-5)23-19-13(2)21(19,3)4/h6-11H,1-5H3,(H,22,23). The highest BCUT2D eigenvalue weighted by Gasteiger charge is 2.42. The topological polar surface area (TPSA) is 37.5 Å². The van der Waals surface area contributed by atoms with E-state index in [4.69, 9.17) is 4.42 Å². The Labute approximate surface area is 142 Å². The lowest BCUT2D eigenvalue weighted by Gasteiger charge is -2.13. The average molecular weight is 318 g/mol. The van der Waals surface area contributed by atoms with Gasteiger partial charge in [0, 0.05) is 34.5 Å². The van der Waals surface area contributed by atoms with E-state index >= 15 is 0 Å². The Morgan fingerprint density at radius 1 is 1.04 bits per heavy atom. The van der Waals surface area contributed by atoms with Gasteiger partial charge in [-0.2, -0.15) is 0 Å². The summed E-state index contributed by atoms with van der Waals surface area (Å²) in [4.78, 5) is 4.51. The van der Waals surface area contributed by atoms with Crippen molar-refractivity contribution in [3.8, 4) is 0 Å². The number of nitrogens with one attached hydrogen (secondary N) is 1. The van der Waals surface area contributed by atoms with Crippen molar-refractivity contribution in [3.05, 3.63) is 58.8 Å². The van der Waals surface area contributed by atoms with Gasteiger partial charge >= 0.3 is 0 Å². The highest BCUT2D eigenvalue weighted by atomic mass is 16.3. The van der Waals surface area contributed by atoms with Crippen molar-refractivity contribution in [2.24, 2.45) is 10.4 Å². The first-order chi connectivity index (χ1) is 11.4. The molecule has 0 bridgehead atoms. The van der Waals surface area contributed by atoms with Crippen LogP contribution in [0.4, 0.5) is 0 Å². The van der Waals surface area contributed by atoms with Crippen LogP contribution in [0.15, 0.2) is 57.1 Å². The molecule has 1 N–H and O–H groups in total. The van der Waals surface area contributed by atoms with Crippen LogP contribution in [0.5, 0.6) is 0 Å². The van der Waals surface area contributed by atoms with E-state index in [1.165, 1.54) is 11.3 Å². The van der Waals surface area contributed by atoms with E-state index in [1.54, 1.807) is 0 Å². The molecule has 0 amide bonds. The third kappa shape index (κ3) is 2.08. The minimum Gasteiger partial charge on any atom is -0.456 e. The molecule has 0 aliphatic heterocycles. The van der Waals surface area contributed by atoms with Gasteiger partial charge in [0.2, 0.25) is 0 Å². The third-order valence-electron chi connectivity index (χ3n) is 5.32. The summed E-state index contributed by atoms with van der Waals surface area (Å²) in [6, 6.07) is 12.5. The molecular weight excluding hydrogens is 296 g/mol. The highest BCUT2D eigenvalue weighted by Crippen LogP contribution is 2.49. The van der Waals surface area contributed by atoms with Crippen LogP contribution in [0.3, 0.4) is 0 Å². The molecule has 1 aliphatic rings. The molecule has 2 aromatic carbocycles. The van der Waals surface area contributed by atoms with Gasteiger partial charge in [-0.3, -0.25) is 4.99 Å². The highest BCUT2D eigenvalue weighted by molar-refractivity contribution is 6.10. The molecule has 1 aliphatic carbocycles. The van der Waals surface area contributed by atoms with E-state index in [-0.39, 0.29) is 5.41 Å². The number of amidine groups is 1. The Bertz CT molecular complexity index is 1030. The number of furan rings is 1. The van der Waals surface area contributed by atoms with Crippen molar-refractivity contribution in [2.45, 2.75) is 27.7 Å². The number of aliphatic imine (C=N–C) groups is 1. The zero-order valence-corrected chi connectivity index (χ0v) is 14.8. The second-order valence-electron chi connectivity index (χ2n) is 7.08. The van der Waals surface area contributed by atoms with Gasteiger partial charge in [-0.1, -0.05) is 32.0 Å². The third-order valence-corrected chi connectivity index (χ3v) is 5.32. The zero-order chi connectivity index (χ0) is 17.1. The number of nitrogens with zero attached hydrogens (tertiary/aromatic N) is 1. The first-order valence-electron chi connectivity index (χ1n) is 8.31. The number of hydrogen-bond donors (Lipinski definition) is 1. The second kappa shape index (κ2) is 4.97. The Kier molecular flexibility index (Phi) is 3.11. The van der Waals surface area contributed by atoms with Crippen molar-refractivity contribution < 1.29 is 4.42 Å². The lowest BCUT2D eigenvalue weighted by Crippen LogP contribution is -2.23. The molecule has 0 atom stereocenters. The minimum absolute atomic E-state index is 0.163. The van der Waals surface area contributed by atoms with Crippen LogP contribution in [-0.2, 0) is 0 Å². The Hall–Kier alpha value is -2.55. The van der Waals surface area contributed by atoms with Gasteiger partial charge in [0.25, 0.3) is 0 Å². The molecule has 0 fully saturated rings. The van der Waals surface area contributed by atoms with Crippen molar-refractivity contribution in [1.82, 2.24) is 5.32 Å². The summed E-state index contributed by atoms with van der Waals surface area (Å²) in [5.41, 5.74) is 6.97. The molecule has 0 unspecified atom stereocenters. The number of fused-ring (bicyclic) bond motifs is 3. The fraction of sp³-hybridized carbons (Fsp3) is 0.286. The maximum Gasteiger partial charge on any atom is 0.135 e. The van der Waals surface area contributed by atoms with Gasteiger partial charge < -0.3 is 9.73 Å². The van der Waals surface area contributed by atoms with Crippen LogP contribution in [0, 0.1) is 12.3 Å². The van der Waals surface area contributed by atoms with Gasteiger partial charge in [-0.15, -0.1) is 0 Å². The van der Waals surface area contributed by atoms with Crippen LogP contribution in [0.1, 0.15) is 31.9 Å². The molecule has 122 valence electrons. The van der Waals surface area contributed by atoms with Crippen LogP contribution >= 0.6 is 0 Å². The lowest BCUT2D eigenvalue weighted by atomic mass is 10.0. The number of hydrogen-bond acceptors (Lipinski definition) is 2. The predicted molar refractivity (Wildman–Crippen MR) is 101 cm³/mol. The summed E-state index contributed by atoms with van der Waals surface area (Å²) in [7, 11) is 1.84. The number of allylic oxidation sites excluding steroid dienone is 2. The monoisotopic (exact) mass is 318 g/mol. The molecule has 4 rings (SSSR count). The zero-order valence-electron chi connectivity index (χ0n) is 14.8. The van der Waals surface area contributed by atoms with E-state index in [2.05, 4.69) is 56.2 Å². The van der Waals surface area contributed by atoms with Crippen LogP contribution < -0.4 is 5.32 Å². The summed E-state index contributed by atoms with van der Waals surface area (Å²) in [5, 5.41) is 5.82. The summed E-state index contributed by atoms with van der Waals surface area (Å²) in [5.74, 6) is 0.916. The first kappa shape index (κ1) is 15.0. The molecular formula is C21H22N2O. The number of rotatable bonds is 2. The van der Waals surface area contributed by atoms with E-state index in [0.29, 0.717) is 0 Å². The molecule has 24 heavy (non-hydrogen) atoms. The molecule has 3 aromatic rings. The fourth-order valence-electron chi connectivity index (χ4n) is 3.40. The Morgan fingerprint density at radius 3 is 2.42 bits per heavy atom. The average Bonchev–Trinajstić information content (AvgIpc) is 2.89. The van der Waals surface area contributed by atoms with Crippen molar-refractivity contribution in [1.29, 1.82) is 0 Å². The number of benzene rings is 2. The van der Waals surface area contributed by atoms with Gasteiger partial charge in [-0.05, 0) is 43.2 Å². The predicted octanol–water partition coefficient (Wildman–Crippen LogP) is 5.17. The maximum atomic E-state index is 5.98. The van der Waals surface area contributed by atoms with Gasteiger partial charge in [0.15, 0.2) is 0 Å². The molecule has 1 aromatic heterocycles. The lowest BCUT2D eigenvalue weighted by molar-refractivity contribution is 0.656. The van der Waals surface area contributed by atoms with Crippen molar-refractivity contribution in [2.75, 3.05) is 7.05 Å². The van der Waals surface area contributed by atoms with Crippen LogP contribution in [-0.4, -0.2) is 12.9 Å². The van der Waals surface area contributed by atoms with Gasteiger partial charge in [0.05, 0.1) is 0 Å².